The molecule has 0 aromatic carbocycles. The van der Waals surface area contributed by atoms with Crippen LogP contribution in [0.2, 0.25) is 5.02 Å². The highest BCUT2D eigenvalue weighted by Crippen LogP contribution is 2.21. The maximum atomic E-state index is 11.8. The number of amides is 2. The molecule has 1 aromatic rings. The Hall–Kier alpha value is -1.76. The molecule has 0 saturated heterocycles. The molecule has 8 heteroatoms. The highest BCUT2D eigenvalue weighted by atomic mass is 35.5. The minimum atomic E-state index is -1.34. The number of nitrogens with one attached hydrogen (secondary N) is 2. The quantitative estimate of drug-likeness (QED) is 0.745. The van der Waals surface area contributed by atoms with Crippen LogP contribution in [0.4, 0.5) is 4.79 Å². The molecule has 0 atom stereocenters. The molecule has 0 aliphatic carbocycles. The average molecular weight is 317 g/mol. The molecular formula is C13H21ClN4O3. The first-order valence-electron chi connectivity index (χ1n) is 6.76. The van der Waals surface area contributed by atoms with Crippen molar-refractivity contribution < 1.29 is 14.7 Å². The van der Waals surface area contributed by atoms with Gasteiger partial charge in [-0.3, -0.25) is 4.68 Å². The van der Waals surface area contributed by atoms with Gasteiger partial charge in [-0.05, 0) is 27.2 Å². The molecule has 1 aromatic heterocycles. The van der Waals surface area contributed by atoms with Crippen molar-refractivity contribution in [3.8, 4) is 0 Å². The normalized spacial score (nSPS) is 11.3. The second-order valence-electron chi connectivity index (χ2n) is 5.11. The van der Waals surface area contributed by atoms with Crippen LogP contribution < -0.4 is 10.6 Å². The number of aliphatic carboxylic acids is 1. The number of carbonyl (C=O) groups excluding carboxylic acids is 1. The lowest BCUT2D eigenvalue weighted by Crippen LogP contribution is -2.53. The Morgan fingerprint density at radius 3 is 2.48 bits per heavy atom. The molecule has 21 heavy (non-hydrogen) atoms. The van der Waals surface area contributed by atoms with E-state index in [1.165, 1.54) is 13.8 Å². The van der Waals surface area contributed by atoms with Crippen LogP contribution in [0, 0.1) is 0 Å². The summed E-state index contributed by atoms with van der Waals surface area (Å²) in [5.74, 6) is -1.11. The molecule has 7 nitrogen and oxygen atoms in total. The number of hydrogen-bond acceptors (Lipinski definition) is 3. The van der Waals surface area contributed by atoms with E-state index in [4.69, 9.17) is 16.7 Å². The third-order valence-electron chi connectivity index (χ3n) is 3.07. The average Bonchev–Trinajstić information content (AvgIpc) is 2.71. The van der Waals surface area contributed by atoms with E-state index in [2.05, 4.69) is 15.7 Å². The molecule has 1 rings (SSSR count). The predicted octanol–water partition coefficient (Wildman–Crippen LogP) is 1.78. The van der Waals surface area contributed by atoms with Gasteiger partial charge in [0, 0.05) is 6.54 Å². The fraction of sp³-hybridized carbons (Fsp3) is 0.615. The Balaban J connectivity index is 2.74. The molecule has 0 fully saturated rings. The van der Waals surface area contributed by atoms with Crippen molar-refractivity contribution in [3.05, 3.63) is 16.4 Å². The fourth-order valence-corrected chi connectivity index (χ4v) is 2.07. The summed E-state index contributed by atoms with van der Waals surface area (Å²) in [6.07, 6.45) is 0.705. The second kappa shape index (κ2) is 6.80. The van der Waals surface area contributed by atoms with Gasteiger partial charge in [-0.1, -0.05) is 18.5 Å². The highest BCUT2D eigenvalue weighted by molar-refractivity contribution is 6.31. The summed E-state index contributed by atoms with van der Waals surface area (Å²) >= 11 is 6.23. The van der Waals surface area contributed by atoms with Crippen molar-refractivity contribution in [2.24, 2.45) is 0 Å². The van der Waals surface area contributed by atoms with Crippen LogP contribution in [-0.2, 0) is 24.3 Å². The smallest absolute Gasteiger partial charge is 0.328 e. The van der Waals surface area contributed by atoms with Crippen LogP contribution in [0.1, 0.15) is 39.1 Å². The minimum absolute atomic E-state index is 0.182. The zero-order chi connectivity index (χ0) is 16.2. The van der Waals surface area contributed by atoms with Crippen LogP contribution in [0.25, 0.3) is 0 Å². The van der Waals surface area contributed by atoms with Gasteiger partial charge < -0.3 is 15.7 Å². The van der Waals surface area contributed by atoms with Crippen LogP contribution >= 0.6 is 11.6 Å². The van der Waals surface area contributed by atoms with E-state index < -0.39 is 17.5 Å². The van der Waals surface area contributed by atoms with E-state index >= 15 is 0 Å². The molecule has 0 aliphatic heterocycles. The van der Waals surface area contributed by atoms with E-state index in [0.29, 0.717) is 23.7 Å². The van der Waals surface area contributed by atoms with E-state index in [1.807, 2.05) is 13.8 Å². The zero-order valence-corrected chi connectivity index (χ0v) is 13.4. The van der Waals surface area contributed by atoms with Gasteiger partial charge in [0.15, 0.2) is 0 Å². The number of aryl methyl sites for hydroxylation is 2. The van der Waals surface area contributed by atoms with Crippen molar-refractivity contribution >= 4 is 23.6 Å². The molecule has 0 spiro atoms. The number of urea groups is 1. The van der Waals surface area contributed by atoms with Crippen LogP contribution in [0.15, 0.2) is 0 Å². The summed E-state index contributed by atoms with van der Waals surface area (Å²) in [5.41, 5.74) is 0.147. The number of aromatic nitrogens is 2. The Kier molecular flexibility index (Phi) is 5.60. The maximum absolute atomic E-state index is 11.8. The predicted molar refractivity (Wildman–Crippen MR) is 79.4 cm³/mol. The molecule has 3 N–H and O–H groups in total. The van der Waals surface area contributed by atoms with Crippen LogP contribution in [0.3, 0.4) is 0 Å². The van der Waals surface area contributed by atoms with E-state index in [-0.39, 0.29) is 6.54 Å². The van der Waals surface area contributed by atoms with Crippen molar-refractivity contribution in [2.75, 3.05) is 0 Å². The third-order valence-corrected chi connectivity index (χ3v) is 3.51. The number of carbonyl (C=O) groups is 2. The van der Waals surface area contributed by atoms with Gasteiger partial charge in [0.2, 0.25) is 0 Å². The maximum Gasteiger partial charge on any atom is 0.328 e. The van der Waals surface area contributed by atoms with Gasteiger partial charge >= 0.3 is 12.0 Å². The van der Waals surface area contributed by atoms with Gasteiger partial charge in [-0.25, -0.2) is 9.59 Å². The SMILES string of the molecule is CCc1nn(CC)c(CNC(=O)NC(C)(C)C(=O)O)c1Cl. The van der Waals surface area contributed by atoms with Gasteiger partial charge in [-0.15, -0.1) is 0 Å². The van der Waals surface area contributed by atoms with Crippen molar-refractivity contribution in [2.45, 2.75) is 52.7 Å². The largest absolute Gasteiger partial charge is 0.480 e. The number of carboxylic acid groups (broad SMARTS) is 1. The van der Waals surface area contributed by atoms with Crippen molar-refractivity contribution in [3.63, 3.8) is 0 Å². The second-order valence-corrected chi connectivity index (χ2v) is 5.49. The van der Waals surface area contributed by atoms with Gasteiger partial charge in [-0.2, -0.15) is 5.10 Å². The van der Waals surface area contributed by atoms with Crippen molar-refractivity contribution in [1.82, 2.24) is 20.4 Å². The summed E-state index contributed by atoms with van der Waals surface area (Å²) in [4.78, 5) is 22.7. The Labute approximate surface area is 128 Å². The number of halogens is 1. The molecule has 0 radical (unpaired) electrons. The fourth-order valence-electron chi connectivity index (χ4n) is 1.73. The first-order chi connectivity index (χ1) is 9.72. The lowest BCUT2D eigenvalue weighted by Gasteiger charge is -2.21. The Morgan fingerprint density at radius 1 is 1.38 bits per heavy atom. The lowest BCUT2D eigenvalue weighted by atomic mass is 10.1. The molecule has 0 saturated carbocycles. The summed E-state index contributed by atoms with van der Waals surface area (Å²) in [6.45, 7) is 7.52. The molecular weight excluding hydrogens is 296 g/mol. The van der Waals surface area contributed by atoms with Gasteiger partial charge in [0.25, 0.3) is 0 Å². The van der Waals surface area contributed by atoms with E-state index in [0.717, 1.165) is 5.69 Å². The lowest BCUT2D eigenvalue weighted by molar-refractivity contribution is -0.142. The summed E-state index contributed by atoms with van der Waals surface area (Å²) in [7, 11) is 0. The Bertz CT molecular complexity index is 540. The first-order valence-corrected chi connectivity index (χ1v) is 7.14. The van der Waals surface area contributed by atoms with Crippen molar-refractivity contribution in [1.29, 1.82) is 0 Å². The van der Waals surface area contributed by atoms with Gasteiger partial charge in [0.1, 0.15) is 5.54 Å². The zero-order valence-electron chi connectivity index (χ0n) is 12.7. The molecule has 2 amide bonds. The molecule has 0 unspecified atom stereocenters. The topological polar surface area (TPSA) is 96.3 Å². The molecule has 118 valence electrons. The number of hydrogen-bond donors (Lipinski definition) is 3. The highest BCUT2D eigenvalue weighted by Gasteiger charge is 2.29. The molecule has 0 bridgehead atoms. The molecule has 1 heterocycles. The minimum Gasteiger partial charge on any atom is -0.480 e. The number of carboxylic acids is 1. The number of rotatable bonds is 6. The van der Waals surface area contributed by atoms with Gasteiger partial charge in [0.05, 0.1) is 23.0 Å². The molecule has 0 aliphatic rings. The number of nitrogens with zero attached hydrogens (tertiary/aromatic N) is 2. The Morgan fingerprint density at radius 2 is 2.00 bits per heavy atom. The first kappa shape index (κ1) is 17.3. The van der Waals surface area contributed by atoms with E-state index in [1.54, 1.807) is 4.68 Å². The summed E-state index contributed by atoms with van der Waals surface area (Å²) in [5, 5.41) is 18.8. The van der Waals surface area contributed by atoms with Crippen LogP contribution in [0.5, 0.6) is 0 Å². The monoisotopic (exact) mass is 316 g/mol. The third kappa shape index (κ3) is 4.10. The van der Waals surface area contributed by atoms with Crippen LogP contribution in [-0.4, -0.2) is 32.4 Å². The summed E-state index contributed by atoms with van der Waals surface area (Å²) in [6, 6.07) is -0.569. The van der Waals surface area contributed by atoms with E-state index in [9.17, 15) is 9.59 Å². The standard InChI is InChI=1S/C13H21ClN4O3/c1-5-8-10(14)9(18(6-2)17-8)7-15-12(21)16-13(3,4)11(19)20/h5-7H2,1-4H3,(H,19,20)(H2,15,16,21). The summed E-state index contributed by atoms with van der Waals surface area (Å²) < 4.78 is 1.73.